The van der Waals surface area contributed by atoms with Gasteiger partial charge >= 0.3 is 0 Å². The van der Waals surface area contributed by atoms with Gasteiger partial charge in [-0.2, -0.15) is 0 Å². The molecule has 0 radical (unpaired) electrons. The van der Waals surface area contributed by atoms with E-state index in [1.54, 1.807) is 4.53 Å². The molecule has 0 atom stereocenters. The van der Waals surface area contributed by atoms with Crippen LogP contribution in [0.1, 0.15) is 32.6 Å². The average molecular weight is 216 g/mol. The van der Waals surface area contributed by atoms with Crippen molar-refractivity contribution >= 4 is 19.8 Å². The predicted octanol–water partition coefficient (Wildman–Crippen LogP) is 4.69. The molecule has 0 aromatic rings. The van der Waals surface area contributed by atoms with E-state index in [1.807, 2.05) is 11.8 Å². The molecule has 0 aliphatic carbocycles. The summed E-state index contributed by atoms with van der Waals surface area (Å²) in [5.41, 5.74) is 0. The summed E-state index contributed by atoms with van der Waals surface area (Å²) in [6.07, 6.45) is 10.1. The molecule has 0 saturated heterocycles. The second-order valence-electron chi connectivity index (χ2n) is 4.52. The van der Waals surface area contributed by atoms with Crippen LogP contribution in [0.3, 0.4) is 0 Å². The number of allylic oxidation sites excluding steroid dienone is 1. The van der Waals surface area contributed by atoms with E-state index in [9.17, 15) is 0 Å². The number of unbranched alkanes of at least 4 members (excludes halogenated alkanes) is 3. The van der Waals surface area contributed by atoms with Crippen molar-refractivity contribution in [3.63, 3.8) is 0 Å². The Labute approximate surface area is 89.2 Å². The Bertz CT molecular complexity index is 156. The molecular weight excluding hydrogens is 192 g/mol. The van der Waals surface area contributed by atoms with E-state index in [0.717, 1.165) is 0 Å². The largest absolute Gasteiger partial charge is 0.139 e. The summed E-state index contributed by atoms with van der Waals surface area (Å²) in [7, 11) is -1.02. The topological polar surface area (TPSA) is 0 Å². The standard InChI is InChI=1S/C11H24SSi/c1-6-7-8-9-10-11(12-2)13(3,4)5/h10H,6-9H2,1-5H3/b11-10+. The van der Waals surface area contributed by atoms with Crippen LogP contribution >= 0.6 is 11.8 Å². The molecule has 0 unspecified atom stereocenters. The SMILES string of the molecule is CCCCC/C=C(\SC)[Si](C)(C)C. The number of hydrogen-bond donors (Lipinski definition) is 0. The van der Waals surface area contributed by atoms with Gasteiger partial charge in [0.05, 0.1) is 8.07 Å². The molecule has 13 heavy (non-hydrogen) atoms. The lowest BCUT2D eigenvalue weighted by Crippen LogP contribution is -2.21. The summed E-state index contributed by atoms with van der Waals surface area (Å²) in [5, 5.41) is 0. The molecule has 0 nitrogen and oxygen atoms in total. The highest BCUT2D eigenvalue weighted by Crippen LogP contribution is 2.25. The maximum atomic E-state index is 2.48. The minimum Gasteiger partial charge on any atom is -0.139 e. The van der Waals surface area contributed by atoms with Crippen LogP contribution in [0.4, 0.5) is 0 Å². The maximum absolute atomic E-state index is 2.48. The summed E-state index contributed by atoms with van der Waals surface area (Å²) in [6.45, 7) is 9.54. The molecule has 0 saturated carbocycles. The van der Waals surface area contributed by atoms with Crippen LogP contribution in [-0.4, -0.2) is 14.3 Å². The predicted molar refractivity (Wildman–Crippen MR) is 69.1 cm³/mol. The fourth-order valence-corrected chi connectivity index (χ4v) is 4.81. The third kappa shape index (κ3) is 6.39. The maximum Gasteiger partial charge on any atom is 0.0853 e. The lowest BCUT2D eigenvalue weighted by atomic mass is 10.2. The Kier molecular flexibility index (Phi) is 6.87. The monoisotopic (exact) mass is 216 g/mol. The summed E-state index contributed by atoms with van der Waals surface area (Å²) in [5.74, 6) is 0. The van der Waals surface area contributed by atoms with Crippen molar-refractivity contribution < 1.29 is 0 Å². The molecule has 0 heterocycles. The van der Waals surface area contributed by atoms with Crippen molar-refractivity contribution in [1.82, 2.24) is 0 Å². The molecule has 0 aliphatic heterocycles. The smallest absolute Gasteiger partial charge is 0.0853 e. The highest BCUT2D eigenvalue weighted by molar-refractivity contribution is 8.04. The number of rotatable bonds is 6. The molecule has 0 amide bonds. The molecule has 0 spiro atoms. The van der Waals surface area contributed by atoms with Crippen molar-refractivity contribution in [1.29, 1.82) is 0 Å². The average Bonchev–Trinajstić information content (AvgIpc) is 2.02. The highest BCUT2D eigenvalue weighted by atomic mass is 32.2. The fourth-order valence-electron chi connectivity index (χ4n) is 1.32. The molecule has 0 aromatic carbocycles. The summed E-state index contributed by atoms with van der Waals surface area (Å²) >= 11 is 1.96. The first-order valence-electron chi connectivity index (χ1n) is 5.27. The van der Waals surface area contributed by atoms with Crippen molar-refractivity contribution in [2.75, 3.05) is 6.26 Å². The zero-order valence-electron chi connectivity index (χ0n) is 9.81. The van der Waals surface area contributed by atoms with E-state index in [-0.39, 0.29) is 0 Å². The van der Waals surface area contributed by atoms with E-state index >= 15 is 0 Å². The van der Waals surface area contributed by atoms with Crippen molar-refractivity contribution in [3.8, 4) is 0 Å². The van der Waals surface area contributed by atoms with Gasteiger partial charge in [0.25, 0.3) is 0 Å². The molecule has 0 rings (SSSR count). The molecule has 0 bridgehead atoms. The summed E-state index contributed by atoms with van der Waals surface area (Å²) < 4.78 is 1.67. The second kappa shape index (κ2) is 6.72. The molecular formula is C11H24SSi. The zero-order valence-corrected chi connectivity index (χ0v) is 11.6. The lowest BCUT2D eigenvalue weighted by Gasteiger charge is -2.18. The van der Waals surface area contributed by atoms with Crippen molar-refractivity contribution in [2.24, 2.45) is 0 Å². The van der Waals surface area contributed by atoms with Gasteiger partial charge in [0.1, 0.15) is 0 Å². The quantitative estimate of drug-likeness (QED) is 0.458. The van der Waals surface area contributed by atoms with Gasteiger partial charge in [0, 0.05) is 0 Å². The van der Waals surface area contributed by atoms with Crippen molar-refractivity contribution in [2.45, 2.75) is 52.2 Å². The van der Waals surface area contributed by atoms with Crippen molar-refractivity contribution in [3.05, 3.63) is 10.6 Å². The van der Waals surface area contributed by atoms with Crippen LogP contribution in [0.25, 0.3) is 0 Å². The first-order valence-corrected chi connectivity index (χ1v) is 9.99. The molecule has 0 fully saturated rings. The third-order valence-electron chi connectivity index (χ3n) is 2.10. The molecule has 0 aromatic heterocycles. The van der Waals surface area contributed by atoms with Gasteiger partial charge in [-0.3, -0.25) is 0 Å². The number of hydrogen-bond acceptors (Lipinski definition) is 1. The van der Waals surface area contributed by atoms with Crippen LogP contribution in [0, 0.1) is 0 Å². The Balaban J connectivity index is 3.94. The molecule has 0 N–H and O–H groups in total. The number of thioether (sulfide) groups is 1. The van der Waals surface area contributed by atoms with Gasteiger partial charge in [0.15, 0.2) is 0 Å². The first kappa shape index (κ1) is 13.3. The highest BCUT2D eigenvalue weighted by Gasteiger charge is 2.17. The van der Waals surface area contributed by atoms with E-state index in [1.165, 1.54) is 25.7 Å². The van der Waals surface area contributed by atoms with E-state index < -0.39 is 8.07 Å². The van der Waals surface area contributed by atoms with Gasteiger partial charge in [-0.05, 0) is 23.6 Å². The van der Waals surface area contributed by atoms with Crippen LogP contribution in [0.15, 0.2) is 10.6 Å². The minimum atomic E-state index is -1.02. The van der Waals surface area contributed by atoms with Crippen LogP contribution in [-0.2, 0) is 0 Å². The van der Waals surface area contributed by atoms with Crippen LogP contribution < -0.4 is 0 Å². The second-order valence-corrected chi connectivity index (χ2v) is 10.8. The molecule has 0 aliphatic rings. The summed E-state index contributed by atoms with van der Waals surface area (Å²) in [4.78, 5) is 0. The normalized spacial score (nSPS) is 13.5. The Morgan fingerprint density at radius 2 is 1.85 bits per heavy atom. The minimum absolute atomic E-state index is 1.02. The van der Waals surface area contributed by atoms with Gasteiger partial charge in [0.2, 0.25) is 0 Å². The first-order chi connectivity index (χ1) is 6.02. The van der Waals surface area contributed by atoms with Crippen LogP contribution in [0.2, 0.25) is 19.6 Å². The zero-order chi connectivity index (χ0) is 10.3. The Morgan fingerprint density at radius 3 is 2.23 bits per heavy atom. The summed E-state index contributed by atoms with van der Waals surface area (Å²) in [6, 6.07) is 0. The Hall–Kier alpha value is 0.307. The lowest BCUT2D eigenvalue weighted by molar-refractivity contribution is 0.729. The van der Waals surface area contributed by atoms with Gasteiger partial charge in [-0.15, -0.1) is 11.8 Å². The van der Waals surface area contributed by atoms with Gasteiger partial charge < -0.3 is 0 Å². The molecule has 2 heteroatoms. The van der Waals surface area contributed by atoms with E-state index in [0.29, 0.717) is 0 Å². The van der Waals surface area contributed by atoms with Crippen LogP contribution in [0.5, 0.6) is 0 Å². The molecule has 78 valence electrons. The van der Waals surface area contributed by atoms with E-state index in [4.69, 9.17) is 0 Å². The van der Waals surface area contributed by atoms with Gasteiger partial charge in [-0.1, -0.05) is 45.5 Å². The fraction of sp³-hybridized carbons (Fsp3) is 0.818. The Morgan fingerprint density at radius 1 is 1.23 bits per heavy atom. The third-order valence-corrected chi connectivity index (χ3v) is 6.84. The van der Waals surface area contributed by atoms with E-state index in [2.05, 4.69) is 38.9 Å². The van der Waals surface area contributed by atoms with Gasteiger partial charge in [-0.25, -0.2) is 0 Å².